The summed E-state index contributed by atoms with van der Waals surface area (Å²) in [5.41, 5.74) is 9.93. The predicted molar refractivity (Wildman–Crippen MR) is 251 cm³/mol. The molecule has 0 heterocycles. The van der Waals surface area contributed by atoms with Crippen LogP contribution in [0.2, 0.25) is 0 Å². The summed E-state index contributed by atoms with van der Waals surface area (Å²) in [7, 11) is 0. The molecule has 268 valence electrons. The molecule has 12 aromatic rings. The molecule has 58 heavy (non-hydrogen) atoms. The molecule has 0 nitrogen and oxygen atoms in total. The summed E-state index contributed by atoms with van der Waals surface area (Å²) in [6, 6.07) is 80.8. The highest BCUT2D eigenvalue weighted by atomic mass is 14.2. The Morgan fingerprint density at radius 1 is 0.155 bits per heavy atom. The summed E-state index contributed by atoms with van der Waals surface area (Å²) in [6.45, 7) is 0. The Balaban J connectivity index is 1.16. The third kappa shape index (κ3) is 4.95. The lowest BCUT2D eigenvalue weighted by Crippen LogP contribution is -1.91. The molecule has 0 spiro atoms. The Hall–Kier alpha value is -7.54. The summed E-state index contributed by atoms with van der Waals surface area (Å²) in [5.74, 6) is 0. The fraction of sp³-hybridized carbons (Fsp3) is 0. The third-order valence-corrected chi connectivity index (χ3v) is 12.4. The first-order valence-electron chi connectivity index (χ1n) is 20.2. The van der Waals surface area contributed by atoms with Crippen molar-refractivity contribution in [3.63, 3.8) is 0 Å². The van der Waals surface area contributed by atoms with Gasteiger partial charge in [-0.25, -0.2) is 0 Å². The van der Waals surface area contributed by atoms with Gasteiger partial charge in [-0.3, -0.25) is 0 Å². The molecule has 0 atom stereocenters. The second kappa shape index (κ2) is 13.0. The molecule has 0 aromatic heterocycles. The molecule has 0 heteroatoms. The van der Waals surface area contributed by atoms with Gasteiger partial charge in [-0.2, -0.15) is 0 Å². The minimum Gasteiger partial charge on any atom is -0.0622 e. The van der Waals surface area contributed by atoms with Gasteiger partial charge in [0.25, 0.3) is 0 Å². The van der Waals surface area contributed by atoms with Gasteiger partial charge in [-0.05, 0) is 132 Å². The second-order valence-corrected chi connectivity index (χ2v) is 15.5. The highest BCUT2D eigenvalue weighted by Gasteiger charge is 2.19. The minimum absolute atomic E-state index is 1.22. The molecule has 0 saturated heterocycles. The van der Waals surface area contributed by atoms with Crippen molar-refractivity contribution in [3.05, 3.63) is 218 Å². The molecule has 0 aliphatic heterocycles. The summed E-state index contributed by atoms with van der Waals surface area (Å²) < 4.78 is 0. The molecule has 0 aliphatic carbocycles. The molecule has 0 amide bonds. The Kier molecular flexibility index (Phi) is 7.33. The molecule has 0 aliphatic rings. The van der Waals surface area contributed by atoms with Gasteiger partial charge in [-0.1, -0.05) is 206 Å². The summed E-state index contributed by atoms with van der Waals surface area (Å²) in [4.78, 5) is 0. The van der Waals surface area contributed by atoms with E-state index >= 15 is 0 Å². The highest BCUT2D eigenvalue weighted by Crippen LogP contribution is 2.47. The summed E-state index contributed by atoms with van der Waals surface area (Å²) in [5, 5.41) is 17.9. The van der Waals surface area contributed by atoms with Crippen molar-refractivity contribution >= 4 is 75.4 Å². The number of benzene rings is 12. The molecule has 0 bridgehead atoms. The number of hydrogen-bond donors (Lipinski definition) is 0. The van der Waals surface area contributed by atoms with Crippen LogP contribution in [0.5, 0.6) is 0 Å². The molecule has 0 radical (unpaired) electrons. The van der Waals surface area contributed by atoms with Crippen LogP contribution >= 0.6 is 0 Å². The van der Waals surface area contributed by atoms with E-state index in [9.17, 15) is 0 Å². The average molecular weight is 733 g/mol. The van der Waals surface area contributed by atoms with E-state index in [1.807, 2.05) is 0 Å². The van der Waals surface area contributed by atoms with Gasteiger partial charge >= 0.3 is 0 Å². The van der Waals surface area contributed by atoms with Crippen molar-refractivity contribution < 1.29 is 0 Å². The van der Waals surface area contributed by atoms with E-state index in [-0.39, 0.29) is 0 Å². The maximum atomic E-state index is 2.46. The van der Waals surface area contributed by atoms with Gasteiger partial charge < -0.3 is 0 Å². The van der Waals surface area contributed by atoms with E-state index in [0.29, 0.717) is 0 Å². The van der Waals surface area contributed by atoms with Crippen LogP contribution in [0, 0.1) is 0 Å². The van der Waals surface area contributed by atoms with Gasteiger partial charge in [0.2, 0.25) is 0 Å². The van der Waals surface area contributed by atoms with E-state index in [4.69, 9.17) is 0 Å². The maximum absolute atomic E-state index is 2.46. The van der Waals surface area contributed by atoms with Crippen molar-refractivity contribution in [2.45, 2.75) is 0 Å². The van der Waals surface area contributed by atoms with Crippen LogP contribution in [0.1, 0.15) is 0 Å². The lowest BCUT2D eigenvalue weighted by Gasteiger charge is -2.18. The fourth-order valence-corrected chi connectivity index (χ4v) is 9.87. The third-order valence-electron chi connectivity index (χ3n) is 12.4. The highest BCUT2D eigenvalue weighted by molar-refractivity contribution is 6.40. The van der Waals surface area contributed by atoms with Gasteiger partial charge in [0, 0.05) is 0 Å². The van der Waals surface area contributed by atoms with Gasteiger partial charge in [0.05, 0.1) is 0 Å². The Morgan fingerprint density at radius 3 is 0.828 bits per heavy atom. The molecule has 12 aromatic carbocycles. The number of hydrogen-bond acceptors (Lipinski definition) is 0. The number of rotatable bonds is 4. The second-order valence-electron chi connectivity index (χ2n) is 15.5. The topological polar surface area (TPSA) is 0 Å². The molecule has 0 N–H and O–H groups in total. The Bertz CT molecular complexity index is 3350. The lowest BCUT2D eigenvalue weighted by molar-refractivity contribution is 1.64. The van der Waals surface area contributed by atoms with Crippen LogP contribution in [0.4, 0.5) is 0 Å². The number of fused-ring (bicyclic) bond motifs is 13. The van der Waals surface area contributed by atoms with Crippen LogP contribution in [-0.4, -0.2) is 0 Å². The Labute approximate surface area is 336 Å². The van der Waals surface area contributed by atoms with Crippen LogP contribution in [0.3, 0.4) is 0 Å². The van der Waals surface area contributed by atoms with E-state index in [2.05, 4.69) is 218 Å². The zero-order chi connectivity index (χ0) is 38.2. The quantitative estimate of drug-likeness (QED) is 0.158. The van der Waals surface area contributed by atoms with Crippen molar-refractivity contribution in [1.82, 2.24) is 0 Å². The van der Waals surface area contributed by atoms with Crippen LogP contribution < -0.4 is 0 Å². The average Bonchev–Trinajstić information content (AvgIpc) is 3.30. The predicted octanol–water partition coefficient (Wildman–Crippen LogP) is 16.4. The van der Waals surface area contributed by atoms with E-state index in [1.165, 1.54) is 120 Å². The van der Waals surface area contributed by atoms with Gasteiger partial charge in [0.15, 0.2) is 0 Å². The van der Waals surface area contributed by atoms with E-state index in [0.717, 1.165) is 0 Å². The van der Waals surface area contributed by atoms with Crippen molar-refractivity contribution in [3.8, 4) is 44.5 Å². The monoisotopic (exact) mass is 732 g/mol. The first kappa shape index (κ1) is 32.7. The molecule has 0 unspecified atom stereocenters. The zero-order valence-electron chi connectivity index (χ0n) is 31.8. The van der Waals surface area contributed by atoms with Gasteiger partial charge in [0.1, 0.15) is 0 Å². The summed E-state index contributed by atoms with van der Waals surface area (Å²) >= 11 is 0. The molecule has 0 fully saturated rings. The molecule has 12 rings (SSSR count). The largest absolute Gasteiger partial charge is 0.0622 e. The molecule has 0 saturated carbocycles. The summed E-state index contributed by atoms with van der Waals surface area (Å²) in [6.07, 6.45) is 0. The maximum Gasteiger partial charge on any atom is -0.00137 e. The first-order valence-corrected chi connectivity index (χ1v) is 20.2. The van der Waals surface area contributed by atoms with Crippen molar-refractivity contribution in [2.24, 2.45) is 0 Å². The standard InChI is InChI=1S/C58H36/c1-3-15-37(16-4-1)41-23-11-29-47-43(25-13-27-45(41)47)39-31-33-51-49-19-7-10-22-54(49)58-56-36-40(32-34-52(56)50-20-8-9-21-53(50)57(58)55(51)35-39)44-26-14-28-46-42(24-12-30-48(44)46)38-17-5-2-6-18-38/h1-36H. The van der Waals surface area contributed by atoms with Crippen LogP contribution in [0.15, 0.2) is 218 Å². The Morgan fingerprint density at radius 2 is 0.448 bits per heavy atom. The van der Waals surface area contributed by atoms with E-state index < -0.39 is 0 Å². The van der Waals surface area contributed by atoms with Crippen molar-refractivity contribution in [2.75, 3.05) is 0 Å². The smallest absolute Gasteiger partial charge is 0.00137 e. The van der Waals surface area contributed by atoms with Gasteiger partial charge in [-0.15, -0.1) is 0 Å². The first-order chi connectivity index (χ1) is 28.8. The van der Waals surface area contributed by atoms with E-state index in [1.54, 1.807) is 0 Å². The van der Waals surface area contributed by atoms with Crippen molar-refractivity contribution in [1.29, 1.82) is 0 Å². The molecular weight excluding hydrogens is 697 g/mol. The zero-order valence-corrected chi connectivity index (χ0v) is 31.8. The lowest BCUT2D eigenvalue weighted by atomic mass is 9.84. The van der Waals surface area contributed by atoms with Crippen LogP contribution in [0.25, 0.3) is 120 Å². The normalized spacial score (nSPS) is 11.8. The minimum atomic E-state index is 1.22. The molecular formula is C58H36. The fourth-order valence-electron chi connectivity index (χ4n) is 9.87. The SMILES string of the molecule is c1ccc(-c2cccc3c(-c4ccc5c6ccccc6c6c7cc(-c8cccc9c(-c%10ccccc%10)cccc89)ccc7c7ccccc7c6c5c4)cccc23)cc1. The van der Waals surface area contributed by atoms with Crippen LogP contribution in [-0.2, 0) is 0 Å².